The third-order valence-corrected chi connectivity index (χ3v) is 8.95. The lowest BCUT2D eigenvalue weighted by molar-refractivity contribution is 0.605. The van der Waals surface area contributed by atoms with Crippen molar-refractivity contribution in [2.75, 3.05) is 23.9 Å². The fourth-order valence-corrected chi connectivity index (χ4v) is 6.41. The van der Waals surface area contributed by atoms with E-state index < -0.39 is 22.2 Å². The average molecular weight is 621 g/mol. The van der Waals surface area contributed by atoms with E-state index in [0.29, 0.717) is 34.6 Å². The molecule has 2 N–H and O–H groups in total. The third kappa shape index (κ3) is 6.00. The van der Waals surface area contributed by atoms with Crippen molar-refractivity contribution in [2.45, 2.75) is 90.9 Å². The van der Waals surface area contributed by atoms with Gasteiger partial charge in [0.25, 0.3) is 22.2 Å². The van der Waals surface area contributed by atoms with Gasteiger partial charge in [0.05, 0.1) is 32.7 Å². The van der Waals surface area contributed by atoms with E-state index in [1.54, 1.807) is 0 Å². The van der Waals surface area contributed by atoms with E-state index >= 15 is 0 Å². The van der Waals surface area contributed by atoms with Crippen LogP contribution in [0.5, 0.6) is 0 Å². The Morgan fingerprint density at radius 3 is 1.04 bits per heavy atom. The van der Waals surface area contributed by atoms with Crippen LogP contribution >= 0.6 is 0 Å². The topological polar surface area (TPSA) is 150 Å². The molecule has 0 saturated heterocycles. The molecule has 10 nitrogen and oxygen atoms in total. The van der Waals surface area contributed by atoms with Crippen molar-refractivity contribution in [3.05, 3.63) is 76.8 Å². The first-order chi connectivity index (χ1) is 22.4. The van der Waals surface area contributed by atoms with Gasteiger partial charge < -0.3 is 10.9 Å². The second-order valence-corrected chi connectivity index (χ2v) is 12.1. The van der Waals surface area contributed by atoms with Crippen LogP contribution in [0.15, 0.2) is 43.4 Å². The van der Waals surface area contributed by atoms with Crippen molar-refractivity contribution < 1.29 is 0 Å². The summed E-state index contributed by atoms with van der Waals surface area (Å²) in [5.41, 5.74) is 4.16. The minimum Gasteiger partial charge on any atom is -0.320 e. The number of hydrogen-bond acceptors (Lipinski definition) is 8. The van der Waals surface area contributed by atoms with Crippen molar-refractivity contribution in [2.24, 2.45) is 0 Å². The highest BCUT2D eigenvalue weighted by atomic mass is 16.2. The molecule has 0 amide bonds. The van der Waals surface area contributed by atoms with Gasteiger partial charge in [-0.25, -0.2) is 0 Å². The Balaban J connectivity index is 1.55. The fraction of sp³-hybridized carbons (Fsp3) is 0.444. The number of hydrogen-bond donors (Lipinski definition) is 2. The average Bonchev–Trinajstić information content (AvgIpc) is 3.43. The van der Waals surface area contributed by atoms with Crippen LogP contribution in [0.25, 0.3) is 43.1 Å². The molecule has 238 valence electrons. The summed E-state index contributed by atoms with van der Waals surface area (Å²) >= 11 is 0. The predicted molar refractivity (Wildman–Crippen MR) is 185 cm³/mol. The maximum absolute atomic E-state index is 13.3. The Kier molecular flexibility index (Phi) is 10.2. The number of nitrogens with zero attached hydrogens (tertiary/aromatic N) is 4. The number of unbranched alkanes of at least 4 members (excludes halogenated alkanes) is 10. The molecule has 0 aliphatic heterocycles. The molecule has 0 radical (unpaired) electrons. The van der Waals surface area contributed by atoms with Crippen molar-refractivity contribution in [1.82, 2.24) is 9.35 Å². The van der Waals surface area contributed by atoms with E-state index in [0.717, 1.165) is 73.6 Å². The number of fused-ring (bicyclic) bond motifs is 4. The largest absolute Gasteiger partial charge is 0.320 e. The van der Waals surface area contributed by atoms with Crippen LogP contribution in [0.4, 0.5) is 0 Å². The lowest BCUT2D eigenvalue weighted by Crippen LogP contribution is -2.34. The predicted octanol–water partition coefficient (Wildman–Crippen LogP) is 5.77. The smallest absolute Gasteiger partial charge is 0.280 e. The minimum absolute atomic E-state index is 0.144. The first-order valence-electron chi connectivity index (χ1n) is 16.5. The molecule has 0 fully saturated rings. The van der Waals surface area contributed by atoms with Crippen LogP contribution < -0.4 is 33.1 Å². The zero-order chi connectivity index (χ0) is 32.8. The van der Waals surface area contributed by atoms with Crippen LogP contribution in [0.1, 0.15) is 102 Å². The molecule has 0 aliphatic carbocycles. The quantitative estimate of drug-likeness (QED) is 0.104. The minimum atomic E-state index is -0.516. The second-order valence-electron chi connectivity index (χ2n) is 12.1. The monoisotopic (exact) mass is 620 g/mol. The summed E-state index contributed by atoms with van der Waals surface area (Å²) in [4.78, 5) is 53.3. The van der Waals surface area contributed by atoms with Crippen molar-refractivity contribution in [1.29, 1.82) is 10.5 Å². The number of nitrogens with one attached hydrogen (secondary N) is 2. The summed E-state index contributed by atoms with van der Waals surface area (Å²) < 4.78 is 2.01. The number of nitriles is 2. The summed E-state index contributed by atoms with van der Waals surface area (Å²) in [7, 11) is 0. The van der Waals surface area contributed by atoms with Gasteiger partial charge in [-0.3, -0.25) is 19.2 Å². The van der Waals surface area contributed by atoms with Crippen LogP contribution in [0, 0.1) is 22.7 Å². The van der Waals surface area contributed by atoms with E-state index in [4.69, 9.17) is 0 Å². The van der Waals surface area contributed by atoms with Gasteiger partial charge in [0, 0.05) is 34.6 Å². The number of rotatable bonds is 16. The Morgan fingerprint density at radius 2 is 0.761 bits per heavy atom. The second kappa shape index (κ2) is 14.4. The zero-order valence-electron chi connectivity index (χ0n) is 26.6. The standard InChI is InChI=1S/C36H40N6O4/c1-3-5-7-9-11-13-15-39-41-33(43)27-17-23-24(18-28(27)34(41)44)32(22-38)26-20-30-29(19-25(26)31(23)21-37)35(45)42(36(30)46)40-16-14-12-10-8-6-4-2/h17-20,39-40H,3-16H2,1-2H3. The number of benzene rings is 3. The molecule has 0 unspecified atom stereocenters. The summed E-state index contributed by atoms with van der Waals surface area (Å²) in [6.07, 6.45) is 12.8. The molecule has 2 heterocycles. The van der Waals surface area contributed by atoms with Gasteiger partial charge >= 0.3 is 0 Å². The highest BCUT2D eigenvalue weighted by Crippen LogP contribution is 2.35. The van der Waals surface area contributed by atoms with E-state index in [9.17, 15) is 29.7 Å². The lowest BCUT2D eigenvalue weighted by atomic mass is 9.90. The van der Waals surface area contributed by atoms with Gasteiger partial charge in [0.15, 0.2) is 0 Å². The van der Waals surface area contributed by atoms with Gasteiger partial charge in [-0.15, -0.1) is 0 Å². The molecular formula is C36H40N6O4. The summed E-state index contributed by atoms with van der Waals surface area (Å²) in [5.74, 6) is 0. The molecule has 0 spiro atoms. The van der Waals surface area contributed by atoms with Gasteiger partial charge in [-0.1, -0.05) is 78.1 Å². The van der Waals surface area contributed by atoms with Crippen molar-refractivity contribution >= 4 is 43.1 Å². The zero-order valence-corrected chi connectivity index (χ0v) is 26.6. The van der Waals surface area contributed by atoms with Crippen LogP contribution in [-0.2, 0) is 0 Å². The molecule has 5 rings (SSSR count). The van der Waals surface area contributed by atoms with Crippen LogP contribution in [0.3, 0.4) is 0 Å². The normalized spacial score (nSPS) is 11.5. The first-order valence-corrected chi connectivity index (χ1v) is 16.5. The Labute approximate surface area is 266 Å². The first kappa shape index (κ1) is 32.4. The molecule has 10 heteroatoms. The molecule has 2 aromatic heterocycles. The van der Waals surface area contributed by atoms with Gasteiger partial charge in [0.2, 0.25) is 0 Å². The molecular weight excluding hydrogens is 580 g/mol. The SMILES string of the molecule is CCCCCCCCNn1c(=O)c2cc3c(C#N)c4cc5c(=O)n(NCCCCCCCC)c(=O)c5cc4c(C#N)c3cc2c1=O. The highest BCUT2D eigenvalue weighted by Gasteiger charge is 2.22. The highest BCUT2D eigenvalue weighted by molar-refractivity contribution is 6.15. The molecule has 3 aromatic carbocycles. The molecule has 0 bridgehead atoms. The molecule has 0 atom stereocenters. The summed E-state index contributed by atoms with van der Waals surface area (Å²) in [5, 5.41) is 22.5. The molecule has 5 aromatic rings. The van der Waals surface area contributed by atoms with Gasteiger partial charge in [-0.2, -0.15) is 19.9 Å². The van der Waals surface area contributed by atoms with Gasteiger partial charge in [-0.05, 0) is 37.1 Å². The number of aromatic nitrogens is 2. The van der Waals surface area contributed by atoms with Crippen LogP contribution in [0.2, 0.25) is 0 Å². The fourth-order valence-electron chi connectivity index (χ4n) is 6.41. The molecule has 0 aliphatic rings. The molecule has 0 saturated carbocycles. The van der Waals surface area contributed by atoms with E-state index in [2.05, 4.69) is 36.8 Å². The van der Waals surface area contributed by atoms with E-state index in [1.807, 2.05) is 0 Å². The van der Waals surface area contributed by atoms with E-state index in [-0.39, 0.29) is 32.7 Å². The van der Waals surface area contributed by atoms with E-state index in [1.165, 1.54) is 37.1 Å². The summed E-state index contributed by atoms with van der Waals surface area (Å²) in [6.45, 7) is 5.25. The summed E-state index contributed by atoms with van der Waals surface area (Å²) in [6, 6.07) is 10.3. The lowest BCUT2D eigenvalue weighted by Gasteiger charge is -2.09. The van der Waals surface area contributed by atoms with Crippen molar-refractivity contribution in [3.63, 3.8) is 0 Å². The maximum Gasteiger partial charge on any atom is 0.280 e. The van der Waals surface area contributed by atoms with Crippen molar-refractivity contribution in [3.8, 4) is 12.1 Å². The molecule has 46 heavy (non-hydrogen) atoms. The van der Waals surface area contributed by atoms with Crippen LogP contribution in [-0.4, -0.2) is 22.4 Å². The third-order valence-electron chi connectivity index (χ3n) is 8.95. The Hall–Kier alpha value is -4.96. The Bertz CT molecular complexity index is 1930. The Morgan fingerprint density at radius 1 is 0.478 bits per heavy atom. The maximum atomic E-state index is 13.3. The van der Waals surface area contributed by atoms with Gasteiger partial charge in [0.1, 0.15) is 12.1 Å².